The summed E-state index contributed by atoms with van der Waals surface area (Å²) in [6, 6.07) is 0. The molecule has 7 nitrogen and oxygen atoms in total. The Bertz CT molecular complexity index is 516. The molecule has 0 unspecified atom stereocenters. The average molecular weight is 268 g/mol. The summed E-state index contributed by atoms with van der Waals surface area (Å²) in [5.74, 6) is -0.578. The zero-order chi connectivity index (χ0) is 14.2. The first kappa shape index (κ1) is 13.5. The van der Waals surface area contributed by atoms with E-state index in [-0.39, 0.29) is 18.3 Å². The van der Waals surface area contributed by atoms with E-state index in [4.69, 9.17) is 14.3 Å². The minimum atomic E-state index is -1.02. The van der Waals surface area contributed by atoms with Crippen LogP contribution in [0.2, 0.25) is 0 Å². The quantitative estimate of drug-likeness (QED) is 0.859. The molecule has 1 amide bonds. The number of rotatable bonds is 4. The van der Waals surface area contributed by atoms with Gasteiger partial charge in [0.2, 0.25) is 5.76 Å². The van der Waals surface area contributed by atoms with Crippen molar-refractivity contribution in [1.82, 2.24) is 9.88 Å². The van der Waals surface area contributed by atoms with E-state index in [9.17, 15) is 9.59 Å². The molecule has 2 heterocycles. The van der Waals surface area contributed by atoms with Crippen molar-refractivity contribution in [2.45, 2.75) is 26.4 Å². The standard InChI is InChI=1S/C12H16N2O5/c1-7-10(19-8(2)13-7)11(17)14-5-12(3,6-14)18-4-9(15)16/h4-6H2,1-3H3,(H,15,16). The Hall–Kier alpha value is -1.89. The molecule has 1 fully saturated rings. The maximum atomic E-state index is 12.1. The van der Waals surface area contributed by atoms with Crippen molar-refractivity contribution in [3.05, 3.63) is 17.3 Å². The molecule has 1 aromatic heterocycles. The number of nitrogens with zero attached hydrogens (tertiary/aromatic N) is 2. The number of amides is 1. The Kier molecular flexibility index (Phi) is 3.32. The molecular weight excluding hydrogens is 252 g/mol. The molecule has 1 aliphatic heterocycles. The number of carbonyl (C=O) groups excluding carboxylic acids is 1. The SMILES string of the molecule is Cc1nc(C)c(C(=O)N2CC(C)(OCC(=O)O)C2)o1. The molecule has 2 rings (SSSR count). The second-order valence-electron chi connectivity index (χ2n) is 4.94. The number of oxazole rings is 1. The van der Waals surface area contributed by atoms with Crippen molar-refractivity contribution < 1.29 is 23.8 Å². The van der Waals surface area contributed by atoms with E-state index in [0.29, 0.717) is 24.7 Å². The number of aliphatic carboxylic acids is 1. The number of aryl methyl sites for hydroxylation is 2. The van der Waals surface area contributed by atoms with Crippen molar-refractivity contribution in [2.75, 3.05) is 19.7 Å². The molecule has 0 atom stereocenters. The monoisotopic (exact) mass is 268 g/mol. The van der Waals surface area contributed by atoms with E-state index >= 15 is 0 Å². The maximum absolute atomic E-state index is 12.1. The number of carboxylic acid groups (broad SMARTS) is 1. The van der Waals surface area contributed by atoms with Gasteiger partial charge in [-0.25, -0.2) is 9.78 Å². The molecule has 0 spiro atoms. The van der Waals surface area contributed by atoms with Crippen molar-refractivity contribution in [3.63, 3.8) is 0 Å². The van der Waals surface area contributed by atoms with Crippen LogP contribution >= 0.6 is 0 Å². The van der Waals surface area contributed by atoms with Gasteiger partial charge in [0.25, 0.3) is 5.91 Å². The molecule has 0 saturated carbocycles. The fraction of sp³-hybridized carbons (Fsp3) is 0.583. The summed E-state index contributed by atoms with van der Waals surface area (Å²) in [5, 5.41) is 8.56. The topological polar surface area (TPSA) is 92.9 Å². The van der Waals surface area contributed by atoms with Crippen LogP contribution in [0.4, 0.5) is 0 Å². The molecule has 1 aliphatic rings. The van der Waals surface area contributed by atoms with Gasteiger partial charge in [-0.15, -0.1) is 0 Å². The number of carbonyl (C=O) groups is 2. The summed E-state index contributed by atoms with van der Waals surface area (Å²) >= 11 is 0. The molecule has 0 bridgehead atoms. The van der Waals surface area contributed by atoms with Crippen molar-refractivity contribution in [1.29, 1.82) is 0 Å². The molecule has 0 radical (unpaired) electrons. The lowest BCUT2D eigenvalue weighted by Gasteiger charge is -2.46. The maximum Gasteiger partial charge on any atom is 0.329 e. The Balaban J connectivity index is 1.95. The van der Waals surface area contributed by atoms with Crippen LogP contribution in [0.3, 0.4) is 0 Å². The lowest BCUT2D eigenvalue weighted by Crippen LogP contribution is -2.63. The Morgan fingerprint density at radius 2 is 2.11 bits per heavy atom. The highest BCUT2D eigenvalue weighted by molar-refractivity contribution is 5.93. The zero-order valence-electron chi connectivity index (χ0n) is 11.1. The third-order valence-electron chi connectivity index (χ3n) is 2.98. The third kappa shape index (κ3) is 2.76. The van der Waals surface area contributed by atoms with Crippen LogP contribution in [0.25, 0.3) is 0 Å². The van der Waals surface area contributed by atoms with E-state index in [1.807, 2.05) is 0 Å². The number of hydrogen-bond donors (Lipinski definition) is 1. The van der Waals surface area contributed by atoms with Crippen molar-refractivity contribution in [3.8, 4) is 0 Å². The predicted octanol–water partition coefficient (Wildman–Crippen LogP) is 0.607. The van der Waals surface area contributed by atoms with Crippen molar-refractivity contribution in [2.24, 2.45) is 0 Å². The van der Waals surface area contributed by atoms with Gasteiger partial charge in [0.15, 0.2) is 5.89 Å². The van der Waals surface area contributed by atoms with Crippen molar-refractivity contribution >= 4 is 11.9 Å². The van der Waals surface area contributed by atoms with E-state index in [1.165, 1.54) is 0 Å². The molecule has 1 N–H and O–H groups in total. The third-order valence-corrected chi connectivity index (χ3v) is 2.98. The van der Waals surface area contributed by atoms with E-state index in [2.05, 4.69) is 4.98 Å². The number of likely N-dealkylation sites (tertiary alicyclic amines) is 1. The normalized spacial score (nSPS) is 17.1. The second kappa shape index (κ2) is 4.65. The Morgan fingerprint density at radius 1 is 1.47 bits per heavy atom. The summed E-state index contributed by atoms with van der Waals surface area (Å²) in [5.41, 5.74) is -0.0423. The molecule has 104 valence electrons. The molecule has 1 saturated heterocycles. The van der Waals surface area contributed by atoms with Gasteiger partial charge in [0, 0.05) is 6.92 Å². The van der Waals surface area contributed by atoms with Crippen LogP contribution < -0.4 is 0 Å². The molecule has 19 heavy (non-hydrogen) atoms. The number of hydrogen-bond acceptors (Lipinski definition) is 5. The van der Waals surface area contributed by atoms with Gasteiger partial charge >= 0.3 is 5.97 Å². The number of ether oxygens (including phenoxy) is 1. The first-order valence-corrected chi connectivity index (χ1v) is 5.90. The zero-order valence-corrected chi connectivity index (χ0v) is 11.1. The molecule has 1 aromatic rings. The Morgan fingerprint density at radius 3 is 2.58 bits per heavy atom. The molecular formula is C12H16N2O5. The summed E-state index contributed by atoms with van der Waals surface area (Å²) in [4.78, 5) is 28.1. The van der Waals surface area contributed by atoms with E-state index in [1.54, 1.807) is 25.7 Å². The van der Waals surface area contributed by atoms with Crippen LogP contribution in [0.1, 0.15) is 29.1 Å². The fourth-order valence-electron chi connectivity index (χ4n) is 2.11. The summed E-state index contributed by atoms with van der Waals surface area (Å²) < 4.78 is 10.5. The highest BCUT2D eigenvalue weighted by atomic mass is 16.5. The number of carboxylic acids is 1. The molecule has 7 heteroatoms. The lowest BCUT2D eigenvalue weighted by atomic mass is 9.96. The van der Waals surface area contributed by atoms with Crippen LogP contribution in [0.5, 0.6) is 0 Å². The van der Waals surface area contributed by atoms with Gasteiger partial charge in [-0.1, -0.05) is 0 Å². The van der Waals surface area contributed by atoms with Crippen LogP contribution in [0.15, 0.2) is 4.42 Å². The second-order valence-corrected chi connectivity index (χ2v) is 4.94. The summed E-state index contributed by atoms with van der Waals surface area (Å²) in [6.45, 7) is 5.50. The predicted molar refractivity (Wildman–Crippen MR) is 63.9 cm³/mol. The minimum absolute atomic E-state index is 0.234. The van der Waals surface area contributed by atoms with Crippen LogP contribution in [-0.2, 0) is 9.53 Å². The summed E-state index contributed by atoms with van der Waals surface area (Å²) in [6.07, 6.45) is 0. The Labute approximate surface area is 110 Å². The highest BCUT2D eigenvalue weighted by Crippen LogP contribution is 2.27. The van der Waals surface area contributed by atoms with Crippen LogP contribution in [0, 0.1) is 13.8 Å². The fourth-order valence-corrected chi connectivity index (χ4v) is 2.11. The highest BCUT2D eigenvalue weighted by Gasteiger charge is 2.44. The first-order valence-electron chi connectivity index (χ1n) is 5.90. The van der Waals surface area contributed by atoms with Crippen LogP contribution in [-0.4, -0.2) is 52.2 Å². The van der Waals surface area contributed by atoms with Gasteiger partial charge in [-0.05, 0) is 13.8 Å². The van der Waals surface area contributed by atoms with E-state index < -0.39 is 11.6 Å². The molecule has 0 aromatic carbocycles. The molecule has 0 aliphatic carbocycles. The number of aromatic nitrogens is 1. The van der Waals surface area contributed by atoms with Gasteiger partial charge in [-0.3, -0.25) is 4.79 Å². The largest absolute Gasteiger partial charge is 0.480 e. The first-order chi connectivity index (χ1) is 8.81. The summed E-state index contributed by atoms with van der Waals surface area (Å²) in [7, 11) is 0. The minimum Gasteiger partial charge on any atom is -0.480 e. The smallest absolute Gasteiger partial charge is 0.329 e. The van der Waals surface area contributed by atoms with Gasteiger partial charge in [0.1, 0.15) is 12.2 Å². The van der Waals surface area contributed by atoms with E-state index in [0.717, 1.165) is 0 Å². The van der Waals surface area contributed by atoms with Gasteiger partial charge < -0.3 is 19.2 Å². The average Bonchev–Trinajstić information content (AvgIpc) is 2.61. The van der Waals surface area contributed by atoms with Gasteiger partial charge in [0.05, 0.1) is 18.8 Å². The van der Waals surface area contributed by atoms with Gasteiger partial charge in [-0.2, -0.15) is 0 Å². The lowest BCUT2D eigenvalue weighted by molar-refractivity contribution is -0.160.